The van der Waals surface area contributed by atoms with Gasteiger partial charge in [0.15, 0.2) is 0 Å². The van der Waals surface area contributed by atoms with Crippen molar-refractivity contribution in [2.24, 2.45) is 0 Å². The third kappa shape index (κ3) is 5.25. The molecule has 0 amide bonds. The van der Waals surface area contributed by atoms with Crippen LogP contribution in [0.5, 0.6) is 0 Å². The van der Waals surface area contributed by atoms with Crippen LogP contribution in [-0.2, 0) is 28.6 Å². The Bertz CT molecular complexity index is 453. The Balaban J connectivity index is 2.72. The molecule has 0 spiro atoms. The second-order valence-electron chi connectivity index (χ2n) is 4.43. The molecule has 1 rings (SSSR count). The zero-order valence-corrected chi connectivity index (χ0v) is 11.7. The van der Waals surface area contributed by atoms with Crippen LogP contribution in [0.3, 0.4) is 0 Å². The van der Waals surface area contributed by atoms with E-state index >= 15 is 0 Å². The maximum atomic E-state index is 11.3. The number of hydrogen-bond acceptors (Lipinski definition) is 6. The molecule has 21 heavy (non-hydrogen) atoms. The van der Waals surface area contributed by atoms with Crippen LogP contribution in [0.2, 0.25) is 0 Å². The van der Waals surface area contributed by atoms with Gasteiger partial charge in [-0.05, 0) is 12.8 Å². The van der Waals surface area contributed by atoms with Gasteiger partial charge in [-0.15, -0.1) is 0 Å². The zero-order chi connectivity index (χ0) is 15.8. The number of esters is 3. The molecule has 0 aromatic heterocycles. The molecule has 6 nitrogen and oxygen atoms in total. The molecule has 1 aliphatic carbocycles. The van der Waals surface area contributed by atoms with Gasteiger partial charge in [0.2, 0.25) is 0 Å². The first-order chi connectivity index (χ1) is 9.99. The first-order valence-corrected chi connectivity index (χ1v) is 6.49. The Morgan fingerprint density at radius 3 is 1.76 bits per heavy atom. The lowest BCUT2D eigenvalue weighted by Gasteiger charge is -2.34. The highest BCUT2D eigenvalue weighted by atomic mass is 16.6. The van der Waals surface area contributed by atoms with E-state index < -0.39 is 36.2 Å². The number of carbonyl (C=O) groups excluding carboxylic acids is 3. The Hall–Kier alpha value is -2.37. The maximum absolute atomic E-state index is 11.3. The first kappa shape index (κ1) is 16.7. The quantitative estimate of drug-likeness (QED) is 0.419. The van der Waals surface area contributed by atoms with E-state index in [0.717, 1.165) is 18.2 Å². The highest BCUT2D eigenvalue weighted by molar-refractivity contribution is 5.82. The van der Waals surface area contributed by atoms with E-state index in [-0.39, 0.29) is 6.42 Å². The molecule has 0 N–H and O–H groups in total. The van der Waals surface area contributed by atoms with Crippen LogP contribution in [0, 0.1) is 0 Å². The highest BCUT2D eigenvalue weighted by Gasteiger charge is 2.36. The summed E-state index contributed by atoms with van der Waals surface area (Å²) in [6.45, 7) is 9.95. The second-order valence-corrected chi connectivity index (χ2v) is 4.43. The Morgan fingerprint density at radius 2 is 1.24 bits per heavy atom. The van der Waals surface area contributed by atoms with E-state index in [1.165, 1.54) is 0 Å². The molecule has 0 bridgehead atoms. The molecule has 3 unspecified atom stereocenters. The largest absolute Gasteiger partial charge is 0.459 e. The van der Waals surface area contributed by atoms with Gasteiger partial charge in [0.05, 0.1) is 0 Å². The van der Waals surface area contributed by atoms with E-state index in [0.29, 0.717) is 12.8 Å². The Labute approximate surface area is 123 Å². The summed E-state index contributed by atoms with van der Waals surface area (Å²) in [5.74, 6) is -1.77. The third-order valence-corrected chi connectivity index (χ3v) is 3.00. The van der Waals surface area contributed by atoms with Crippen molar-refractivity contribution < 1.29 is 28.6 Å². The lowest BCUT2D eigenvalue weighted by atomic mass is 9.92. The second kappa shape index (κ2) is 8.04. The summed E-state index contributed by atoms with van der Waals surface area (Å²) in [5.41, 5.74) is 0. The van der Waals surface area contributed by atoms with Crippen molar-refractivity contribution >= 4 is 17.9 Å². The Morgan fingerprint density at radius 1 is 0.762 bits per heavy atom. The fraction of sp³-hybridized carbons (Fsp3) is 0.400. The minimum absolute atomic E-state index is 0.244. The van der Waals surface area contributed by atoms with E-state index in [9.17, 15) is 14.4 Å². The van der Waals surface area contributed by atoms with Crippen molar-refractivity contribution in [3.05, 3.63) is 38.0 Å². The molecule has 1 saturated carbocycles. The van der Waals surface area contributed by atoms with Gasteiger partial charge in [-0.1, -0.05) is 19.7 Å². The fourth-order valence-corrected chi connectivity index (χ4v) is 2.04. The molecule has 1 fully saturated rings. The molecule has 0 aromatic carbocycles. The van der Waals surface area contributed by atoms with Gasteiger partial charge in [0, 0.05) is 24.6 Å². The van der Waals surface area contributed by atoms with Gasteiger partial charge in [-0.3, -0.25) is 0 Å². The molecular weight excluding hydrogens is 276 g/mol. The summed E-state index contributed by atoms with van der Waals surface area (Å²) in [6.07, 6.45) is 2.55. The summed E-state index contributed by atoms with van der Waals surface area (Å²) >= 11 is 0. The molecule has 6 heteroatoms. The molecule has 0 aliphatic heterocycles. The van der Waals surface area contributed by atoms with Crippen molar-refractivity contribution in [3.63, 3.8) is 0 Å². The van der Waals surface area contributed by atoms with Crippen molar-refractivity contribution in [2.45, 2.75) is 37.6 Å². The van der Waals surface area contributed by atoms with Crippen LogP contribution in [-0.4, -0.2) is 36.2 Å². The van der Waals surface area contributed by atoms with E-state index in [1.54, 1.807) is 0 Å². The van der Waals surface area contributed by atoms with Crippen molar-refractivity contribution in [2.75, 3.05) is 0 Å². The molecule has 0 saturated heterocycles. The average Bonchev–Trinajstić information content (AvgIpc) is 2.49. The number of carbonyl (C=O) groups is 3. The standard InChI is InChI=1S/C15H18O6/c1-4-13(16)19-10-7-8-11(20-14(17)5-2)12(9-10)21-15(18)6-3/h4-6,10-12H,1-3,7-9H2. The maximum Gasteiger partial charge on any atom is 0.330 e. The van der Waals surface area contributed by atoms with E-state index in [1.807, 2.05) is 0 Å². The van der Waals surface area contributed by atoms with Gasteiger partial charge in [0.25, 0.3) is 0 Å². The van der Waals surface area contributed by atoms with Crippen LogP contribution in [0.15, 0.2) is 38.0 Å². The SMILES string of the molecule is C=CC(=O)OC1CCC(OC(=O)C=C)C(OC(=O)C=C)C1. The summed E-state index contributed by atoms with van der Waals surface area (Å²) in [6, 6.07) is 0. The first-order valence-electron chi connectivity index (χ1n) is 6.49. The number of rotatable bonds is 6. The van der Waals surface area contributed by atoms with Crippen molar-refractivity contribution in [3.8, 4) is 0 Å². The van der Waals surface area contributed by atoms with Gasteiger partial charge in [0.1, 0.15) is 18.3 Å². The van der Waals surface area contributed by atoms with Crippen LogP contribution in [0.1, 0.15) is 19.3 Å². The van der Waals surface area contributed by atoms with Gasteiger partial charge < -0.3 is 14.2 Å². The van der Waals surface area contributed by atoms with Crippen LogP contribution < -0.4 is 0 Å². The molecule has 0 radical (unpaired) electrons. The predicted molar refractivity (Wildman–Crippen MR) is 74.1 cm³/mol. The normalized spacial score (nSPS) is 24.3. The van der Waals surface area contributed by atoms with E-state index in [2.05, 4.69) is 19.7 Å². The third-order valence-electron chi connectivity index (χ3n) is 3.00. The Kier molecular flexibility index (Phi) is 6.39. The summed E-state index contributed by atoms with van der Waals surface area (Å²) in [4.78, 5) is 33.8. The van der Waals surface area contributed by atoms with E-state index in [4.69, 9.17) is 14.2 Å². The molecule has 0 aromatic rings. The van der Waals surface area contributed by atoms with Gasteiger partial charge >= 0.3 is 17.9 Å². The lowest BCUT2D eigenvalue weighted by Crippen LogP contribution is -2.42. The van der Waals surface area contributed by atoms with Crippen molar-refractivity contribution in [1.82, 2.24) is 0 Å². The predicted octanol–water partition coefficient (Wildman–Crippen LogP) is 1.46. The molecule has 0 heterocycles. The minimum atomic E-state index is -0.698. The monoisotopic (exact) mass is 294 g/mol. The lowest BCUT2D eigenvalue weighted by molar-refractivity contribution is -0.173. The molecule has 1 aliphatic rings. The molecule has 3 atom stereocenters. The summed E-state index contributed by atoms with van der Waals surface area (Å²) in [7, 11) is 0. The number of ether oxygens (including phenoxy) is 3. The fourth-order valence-electron chi connectivity index (χ4n) is 2.04. The summed E-state index contributed by atoms with van der Waals surface area (Å²) in [5, 5.41) is 0. The van der Waals surface area contributed by atoms with Crippen molar-refractivity contribution in [1.29, 1.82) is 0 Å². The van der Waals surface area contributed by atoms with Crippen LogP contribution in [0.25, 0.3) is 0 Å². The summed E-state index contributed by atoms with van der Waals surface area (Å²) < 4.78 is 15.4. The smallest absolute Gasteiger partial charge is 0.330 e. The zero-order valence-electron chi connectivity index (χ0n) is 11.7. The van der Waals surface area contributed by atoms with Gasteiger partial charge in [-0.2, -0.15) is 0 Å². The van der Waals surface area contributed by atoms with Crippen LogP contribution in [0.4, 0.5) is 0 Å². The average molecular weight is 294 g/mol. The number of hydrogen-bond donors (Lipinski definition) is 0. The van der Waals surface area contributed by atoms with Crippen LogP contribution >= 0.6 is 0 Å². The minimum Gasteiger partial charge on any atom is -0.459 e. The topological polar surface area (TPSA) is 78.9 Å². The highest BCUT2D eigenvalue weighted by Crippen LogP contribution is 2.27. The molecular formula is C15H18O6. The molecule has 114 valence electrons. The van der Waals surface area contributed by atoms with Gasteiger partial charge in [-0.25, -0.2) is 14.4 Å².